The van der Waals surface area contributed by atoms with Gasteiger partial charge in [0.1, 0.15) is 0 Å². The van der Waals surface area contributed by atoms with Crippen molar-refractivity contribution in [3.8, 4) is 0 Å². The van der Waals surface area contributed by atoms with Crippen LogP contribution in [0.2, 0.25) is 0 Å². The molecule has 0 spiro atoms. The summed E-state index contributed by atoms with van der Waals surface area (Å²) in [6, 6.07) is 5.26. The zero-order valence-corrected chi connectivity index (χ0v) is 12.3. The van der Waals surface area contributed by atoms with Crippen LogP contribution in [-0.2, 0) is 6.54 Å². The Hall–Kier alpha value is -0.800. The maximum Gasteiger partial charge on any atom is 0.250 e. The minimum absolute atomic E-state index is 0.0569. The number of halogens is 1. The molecule has 0 saturated heterocycles. The van der Waals surface area contributed by atoms with Crippen LogP contribution >= 0.6 is 11.6 Å². The summed E-state index contributed by atoms with van der Waals surface area (Å²) in [6.45, 7) is 3.81. The van der Waals surface area contributed by atoms with Crippen LogP contribution in [0.15, 0.2) is 29.2 Å². The highest BCUT2D eigenvalue weighted by atomic mass is 35.5. The predicted molar refractivity (Wildman–Crippen MR) is 79.8 cm³/mol. The van der Waals surface area contributed by atoms with Gasteiger partial charge >= 0.3 is 0 Å². The second kappa shape index (κ2) is 6.58. The van der Waals surface area contributed by atoms with Gasteiger partial charge in [0.2, 0.25) is 0 Å². The van der Waals surface area contributed by atoms with E-state index in [1.165, 1.54) is 12.8 Å². The summed E-state index contributed by atoms with van der Waals surface area (Å²) >= 11 is 6.17. The molecule has 0 aromatic carbocycles. The van der Waals surface area contributed by atoms with E-state index < -0.39 is 0 Å². The first-order valence-electron chi connectivity index (χ1n) is 7.12. The molecule has 1 aromatic heterocycles. The molecule has 4 heteroatoms. The van der Waals surface area contributed by atoms with Gasteiger partial charge in [-0.25, -0.2) is 0 Å². The summed E-state index contributed by atoms with van der Waals surface area (Å²) in [5.41, 5.74) is 0.133. The van der Waals surface area contributed by atoms with E-state index >= 15 is 0 Å². The van der Waals surface area contributed by atoms with Crippen LogP contribution in [0.3, 0.4) is 0 Å². The van der Waals surface area contributed by atoms with Crippen LogP contribution in [0.4, 0.5) is 0 Å². The van der Waals surface area contributed by atoms with Crippen LogP contribution in [0.1, 0.15) is 32.6 Å². The van der Waals surface area contributed by atoms with Crippen LogP contribution in [0, 0.1) is 5.92 Å². The van der Waals surface area contributed by atoms with Gasteiger partial charge in [-0.1, -0.05) is 13.0 Å². The number of aromatic nitrogens is 1. The second-order valence-corrected chi connectivity index (χ2v) is 6.02. The van der Waals surface area contributed by atoms with Crippen LogP contribution in [0.5, 0.6) is 0 Å². The highest BCUT2D eigenvalue weighted by molar-refractivity contribution is 6.18. The minimum atomic E-state index is 0.0569. The van der Waals surface area contributed by atoms with Crippen molar-refractivity contribution in [2.45, 2.75) is 44.7 Å². The summed E-state index contributed by atoms with van der Waals surface area (Å²) in [4.78, 5) is 11.6. The third kappa shape index (κ3) is 3.83. The fraction of sp³-hybridized carbons (Fsp3) is 0.667. The van der Waals surface area contributed by atoms with Crippen molar-refractivity contribution in [2.75, 3.05) is 12.4 Å². The molecule has 0 amide bonds. The van der Waals surface area contributed by atoms with Gasteiger partial charge in [0.15, 0.2) is 0 Å². The van der Waals surface area contributed by atoms with Gasteiger partial charge in [0.25, 0.3) is 5.56 Å². The van der Waals surface area contributed by atoms with Crippen molar-refractivity contribution in [1.82, 2.24) is 9.88 Å². The van der Waals surface area contributed by atoms with E-state index in [2.05, 4.69) is 12.2 Å². The maximum absolute atomic E-state index is 11.6. The number of nitrogens with zero attached hydrogens (tertiary/aromatic N) is 1. The topological polar surface area (TPSA) is 34.0 Å². The fourth-order valence-corrected chi connectivity index (χ4v) is 3.12. The lowest BCUT2D eigenvalue weighted by molar-refractivity contribution is 0.216. The molecular weight excluding hydrogens is 260 g/mol. The number of hydrogen-bond acceptors (Lipinski definition) is 2. The summed E-state index contributed by atoms with van der Waals surface area (Å²) in [5.74, 6) is 1.47. The third-order valence-electron chi connectivity index (χ3n) is 4.24. The Morgan fingerprint density at radius 1 is 1.42 bits per heavy atom. The molecule has 0 aliphatic heterocycles. The van der Waals surface area contributed by atoms with Crippen molar-refractivity contribution >= 4 is 11.6 Å². The first-order valence-corrected chi connectivity index (χ1v) is 7.65. The molecule has 1 aliphatic carbocycles. The average Bonchev–Trinajstić information content (AvgIpc) is 2.44. The van der Waals surface area contributed by atoms with Crippen LogP contribution < -0.4 is 10.9 Å². The Bertz CT molecular complexity index is 449. The summed E-state index contributed by atoms with van der Waals surface area (Å²) < 4.78 is 1.74. The van der Waals surface area contributed by atoms with E-state index in [1.807, 2.05) is 12.3 Å². The van der Waals surface area contributed by atoms with Crippen LogP contribution in [0.25, 0.3) is 0 Å². The van der Waals surface area contributed by atoms with Gasteiger partial charge in [-0.15, -0.1) is 11.6 Å². The zero-order chi connectivity index (χ0) is 13.7. The highest BCUT2D eigenvalue weighted by Gasteiger charge is 2.32. The van der Waals surface area contributed by atoms with Gasteiger partial charge in [-0.2, -0.15) is 0 Å². The predicted octanol–water partition coefficient (Wildman–Crippen LogP) is 2.63. The summed E-state index contributed by atoms with van der Waals surface area (Å²) in [6.07, 6.45) is 6.60. The van der Waals surface area contributed by atoms with E-state index in [9.17, 15) is 4.79 Å². The second-order valence-electron chi connectivity index (χ2n) is 5.76. The van der Waals surface area contributed by atoms with Gasteiger partial charge in [0.05, 0.1) is 0 Å². The molecular formula is C15H23ClN2O. The van der Waals surface area contributed by atoms with E-state index in [-0.39, 0.29) is 11.1 Å². The lowest BCUT2D eigenvalue weighted by Crippen LogP contribution is -2.50. The van der Waals surface area contributed by atoms with Crippen molar-refractivity contribution in [3.05, 3.63) is 34.7 Å². The van der Waals surface area contributed by atoms with Crippen molar-refractivity contribution in [3.63, 3.8) is 0 Å². The van der Waals surface area contributed by atoms with Crippen molar-refractivity contribution in [2.24, 2.45) is 5.92 Å². The Labute approximate surface area is 120 Å². The molecule has 0 radical (unpaired) electrons. The maximum atomic E-state index is 11.6. The molecule has 106 valence electrons. The molecule has 1 heterocycles. The third-order valence-corrected chi connectivity index (χ3v) is 4.75. The van der Waals surface area contributed by atoms with E-state index in [1.54, 1.807) is 16.7 Å². The van der Waals surface area contributed by atoms with Gasteiger partial charge in [0, 0.05) is 36.8 Å². The molecule has 0 atom stereocenters. The van der Waals surface area contributed by atoms with Gasteiger partial charge in [-0.3, -0.25) is 4.79 Å². The van der Waals surface area contributed by atoms with Gasteiger partial charge < -0.3 is 9.88 Å². The largest absolute Gasteiger partial charge is 0.314 e. The Morgan fingerprint density at radius 2 is 2.16 bits per heavy atom. The zero-order valence-electron chi connectivity index (χ0n) is 11.6. The minimum Gasteiger partial charge on any atom is -0.314 e. The Morgan fingerprint density at radius 3 is 2.79 bits per heavy atom. The Balaban J connectivity index is 1.87. The molecule has 0 bridgehead atoms. The van der Waals surface area contributed by atoms with Crippen LogP contribution in [-0.4, -0.2) is 22.5 Å². The molecule has 1 fully saturated rings. The first-order chi connectivity index (χ1) is 9.15. The molecule has 19 heavy (non-hydrogen) atoms. The lowest BCUT2D eigenvalue weighted by atomic mass is 9.78. The average molecular weight is 283 g/mol. The monoisotopic (exact) mass is 282 g/mol. The summed E-state index contributed by atoms with van der Waals surface area (Å²) in [5, 5.41) is 3.59. The van der Waals surface area contributed by atoms with E-state index in [0.29, 0.717) is 12.4 Å². The number of alkyl halides is 1. The fourth-order valence-electron chi connectivity index (χ4n) is 2.76. The first kappa shape index (κ1) is 14.6. The van der Waals surface area contributed by atoms with Crippen molar-refractivity contribution in [1.29, 1.82) is 0 Å². The number of pyridine rings is 1. The van der Waals surface area contributed by atoms with E-state index in [0.717, 1.165) is 25.3 Å². The lowest BCUT2D eigenvalue weighted by Gasteiger charge is -2.39. The molecule has 3 nitrogen and oxygen atoms in total. The van der Waals surface area contributed by atoms with Gasteiger partial charge in [-0.05, 0) is 37.7 Å². The molecule has 1 saturated carbocycles. The normalized spacial score (nSPS) is 27.4. The molecule has 1 N–H and O–H groups in total. The standard InChI is InChI=1S/C15H23ClN2O/c1-13-5-7-15(12-16,8-6-13)17-9-11-18-10-3-2-4-14(18)19/h2-4,10,13,17H,5-9,11-12H2,1H3. The summed E-state index contributed by atoms with van der Waals surface area (Å²) in [7, 11) is 0. The quantitative estimate of drug-likeness (QED) is 0.843. The smallest absolute Gasteiger partial charge is 0.250 e. The SMILES string of the molecule is CC1CCC(CCl)(NCCn2ccccc2=O)CC1. The molecule has 1 aliphatic rings. The molecule has 0 unspecified atom stereocenters. The number of hydrogen-bond donors (Lipinski definition) is 1. The van der Waals surface area contributed by atoms with Crippen molar-refractivity contribution < 1.29 is 0 Å². The molecule has 1 aromatic rings. The Kier molecular flexibility index (Phi) is 5.06. The highest BCUT2D eigenvalue weighted by Crippen LogP contribution is 2.32. The number of nitrogens with one attached hydrogen (secondary N) is 1. The van der Waals surface area contributed by atoms with E-state index in [4.69, 9.17) is 11.6 Å². The molecule has 2 rings (SSSR count). The number of rotatable bonds is 5.